The largest absolute Gasteiger partial charge is 0.490 e. The Morgan fingerprint density at radius 3 is 2.19 bits per heavy atom. The fourth-order valence-electron chi connectivity index (χ4n) is 1.33. The molecule has 1 rings (SSSR count). The number of hydrogen-bond acceptors (Lipinski definition) is 2. The lowest BCUT2D eigenvalue weighted by Crippen LogP contribution is -2.29. The summed E-state index contributed by atoms with van der Waals surface area (Å²) < 4.78 is 5.99. The van der Waals surface area contributed by atoms with Crippen molar-refractivity contribution in [3.05, 3.63) is 29.8 Å². The van der Waals surface area contributed by atoms with E-state index in [2.05, 4.69) is 27.7 Å². The van der Waals surface area contributed by atoms with E-state index in [-0.39, 0.29) is 17.6 Å². The summed E-state index contributed by atoms with van der Waals surface area (Å²) in [5, 5.41) is 0. The van der Waals surface area contributed by atoms with Crippen LogP contribution in [-0.4, -0.2) is 6.10 Å². The van der Waals surface area contributed by atoms with Gasteiger partial charge < -0.3 is 10.5 Å². The minimum atomic E-state index is 0.00312. The van der Waals surface area contributed by atoms with E-state index in [4.69, 9.17) is 10.5 Å². The van der Waals surface area contributed by atoms with Crippen LogP contribution in [0.5, 0.6) is 5.75 Å². The monoisotopic (exact) mass is 221 g/mol. The summed E-state index contributed by atoms with van der Waals surface area (Å²) in [5.74, 6) is 0.903. The quantitative estimate of drug-likeness (QED) is 0.847. The molecule has 16 heavy (non-hydrogen) atoms. The first-order valence-corrected chi connectivity index (χ1v) is 5.83. The van der Waals surface area contributed by atoms with Crippen LogP contribution in [0.25, 0.3) is 0 Å². The lowest BCUT2D eigenvalue weighted by Gasteiger charge is -2.29. The van der Waals surface area contributed by atoms with Crippen LogP contribution in [0.2, 0.25) is 0 Å². The molecule has 2 atom stereocenters. The van der Waals surface area contributed by atoms with Gasteiger partial charge in [-0.3, -0.25) is 0 Å². The van der Waals surface area contributed by atoms with Gasteiger partial charge in [-0.1, -0.05) is 39.0 Å². The summed E-state index contributed by atoms with van der Waals surface area (Å²) in [6.07, 6.45) is 0.160. The van der Waals surface area contributed by atoms with Crippen molar-refractivity contribution in [3.63, 3.8) is 0 Å². The average Bonchev–Trinajstić information content (AvgIpc) is 2.16. The number of rotatable bonds is 3. The van der Waals surface area contributed by atoms with Crippen LogP contribution in [-0.2, 0) is 0 Å². The smallest absolute Gasteiger partial charge is 0.124 e. The third-order valence-electron chi connectivity index (χ3n) is 2.93. The second-order valence-corrected chi connectivity index (χ2v) is 5.45. The molecule has 0 bridgehead atoms. The number of nitrogens with two attached hydrogens (primary N) is 1. The average molecular weight is 221 g/mol. The number of benzene rings is 1. The van der Waals surface area contributed by atoms with Crippen molar-refractivity contribution < 1.29 is 4.74 Å². The molecule has 0 saturated carbocycles. The van der Waals surface area contributed by atoms with E-state index in [1.165, 1.54) is 0 Å². The highest BCUT2D eigenvalue weighted by atomic mass is 16.5. The molecule has 0 aliphatic carbocycles. The summed E-state index contributed by atoms with van der Waals surface area (Å²) >= 11 is 0. The standard InChI is InChI=1S/C14H23NO/c1-10(15)12-8-6-7-9-13(12)16-11(2)14(3,4)5/h6-11H,15H2,1-5H3. The molecule has 0 aliphatic rings. The van der Waals surface area contributed by atoms with E-state index in [1.807, 2.05) is 31.2 Å². The van der Waals surface area contributed by atoms with E-state index < -0.39 is 0 Å². The molecule has 2 N–H and O–H groups in total. The van der Waals surface area contributed by atoms with E-state index in [1.54, 1.807) is 0 Å². The maximum atomic E-state index is 5.99. The van der Waals surface area contributed by atoms with Gasteiger partial charge in [0.05, 0.1) is 0 Å². The Bertz CT molecular complexity index is 339. The van der Waals surface area contributed by atoms with Crippen LogP contribution in [0, 0.1) is 5.41 Å². The molecule has 0 aliphatic heterocycles. The zero-order valence-corrected chi connectivity index (χ0v) is 10.9. The molecule has 0 saturated heterocycles. The molecule has 2 heteroatoms. The zero-order valence-electron chi connectivity index (χ0n) is 10.9. The molecule has 0 radical (unpaired) electrons. The van der Waals surface area contributed by atoms with Crippen LogP contribution >= 0.6 is 0 Å². The van der Waals surface area contributed by atoms with Crippen molar-refractivity contribution in [2.75, 3.05) is 0 Å². The van der Waals surface area contributed by atoms with Gasteiger partial charge in [-0.05, 0) is 25.3 Å². The predicted molar refractivity (Wildman–Crippen MR) is 68.6 cm³/mol. The summed E-state index contributed by atoms with van der Waals surface area (Å²) in [6.45, 7) is 10.6. The lowest BCUT2D eigenvalue weighted by atomic mass is 9.90. The van der Waals surface area contributed by atoms with Gasteiger partial charge in [0.1, 0.15) is 11.9 Å². The third kappa shape index (κ3) is 3.24. The lowest BCUT2D eigenvalue weighted by molar-refractivity contribution is 0.102. The maximum Gasteiger partial charge on any atom is 0.124 e. The molecule has 0 aromatic heterocycles. The third-order valence-corrected chi connectivity index (χ3v) is 2.93. The first-order chi connectivity index (χ1) is 7.32. The molecule has 1 aromatic carbocycles. The van der Waals surface area contributed by atoms with E-state index >= 15 is 0 Å². The molecule has 90 valence electrons. The van der Waals surface area contributed by atoms with Crippen LogP contribution in [0.4, 0.5) is 0 Å². The molecule has 0 fully saturated rings. The Balaban J connectivity index is 2.89. The van der Waals surface area contributed by atoms with Crippen LogP contribution in [0.15, 0.2) is 24.3 Å². The van der Waals surface area contributed by atoms with Gasteiger partial charge in [0.15, 0.2) is 0 Å². The SMILES string of the molecule is CC(N)c1ccccc1OC(C)C(C)(C)C. The molecule has 2 unspecified atom stereocenters. The van der Waals surface area contributed by atoms with Crippen molar-refractivity contribution >= 4 is 0 Å². The van der Waals surface area contributed by atoms with Crippen molar-refractivity contribution in [2.45, 2.75) is 46.8 Å². The van der Waals surface area contributed by atoms with E-state index in [0.29, 0.717) is 0 Å². The van der Waals surface area contributed by atoms with E-state index in [0.717, 1.165) is 11.3 Å². The number of ether oxygens (including phenoxy) is 1. The molecule has 0 amide bonds. The Morgan fingerprint density at radius 2 is 1.69 bits per heavy atom. The molecular formula is C14H23NO. The second kappa shape index (κ2) is 4.88. The van der Waals surface area contributed by atoms with Crippen LogP contribution in [0.3, 0.4) is 0 Å². The van der Waals surface area contributed by atoms with Crippen molar-refractivity contribution in [3.8, 4) is 5.75 Å². The minimum Gasteiger partial charge on any atom is -0.490 e. The molecule has 2 nitrogen and oxygen atoms in total. The van der Waals surface area contributed by atoms with Gasteiger partial charge in [0.2, 0.25) is 0 Å². The summed E-state index contributed by atoms with van der Waals surface area (Å²) in [5.41, 5.74) is 7.12. The topological polar surface area (TPSA) is 35.2 Å². The summed E-state index contributed by atoms with van der Waals surface area (Å²) in [7, 11) is 0. The summed E-state index contributed by atoms with van der Waals surface area (Å²) in [6, 6.07) is 7.99. The highest BCUT2D eigenvalue weighted by Crippen LogP contribution is 2.29. The highest BCUT2D eigenvalue weighted by molar-refractivity contribution is 5.35. The maximum absolute atomic E-state index is 5.99. The van der Waals surface area contributed by atoms with Crippen molar-refractivity contribution in [2.24, 2.45) is 11.1 Å². The minimum absolute atomic E-state index is 0.00312. The molecule has 1 aromatic rings. The predicted octanol–water partition coefficient (Wildman–Crippen LogP) is 3.52. The van der Waals surface area contributed by atoms with Crippen molar-refractivity contribution in [1.82, 2.24) is 0 Å². The number of para-hydroxylation sites is 1. The second-order valence-electron chi connectivity index (χ2n) is 5.45. The first-order valence-electron chi connectivity index (χ1n) is 5.83. The van der Waals surface area contributed by atoms with Gasteiger partial charge in [0, 0.05) is 11.6 Å². The molecule has 0 heterocycles. The van der Waals surface area contributed by atoms with Gasteiger partial charge in [0.25, 0.3) is 0 Å². The first kappa shape index (κ1) is 13.0. The van der Waals surface area contributed by atoms with Crippen LogP contribution in [0.1, 0.15) is 46.2 Å². The molecule has 0 spiro atoms. The Kier molecular flexibility index (Phi) is 3.98. The normalized spacial score (nSPS) is 15.6. The Hall–Kier alpha value is -1.02. The Morgan fingerprint density at radius 1 is 1.12 bits per heavy atom. The van der Waals surface area contributed by atoms with Gasteiger partial charge in [-0.25, -0.2) is 0 Å². The highest BCUT2D eigenvalue weighted by Gasteiger charge is 2.22. The van der Waals surface area contributed by atoms with Gasteiger partial charge in [-0.2, -0.15) is 0 Å². The van der Waals surface area contributed by atoms with Gasteiger partial charge in [-0.15, -0.1) is 0 Å². The van der Waals surface area contributed by atoms with Crippen molar-refractivity contribution in [1.29, 1.82) is 0 Å². The zero-order chi connectivity index (χ0) is 12.3. The number of hydrogen-bond donors (Lipinski definition) is 1. The summed E-state index contributed by atoms with van der Waals surface area (Å²) in [4.78, 5) is 0. The molecular weight excluding hydrogens is 198 g/mol. The Labute approximate surface area is 98.8 Å². The van der Waals surface area contributed by atoms with E-state index in [9.17, 15) is 0 Å². The fourth-order valence-corrected chi connectivity index (χ4v) is 1.33. The fraction of sp³-hybridized carbons (Fsp3) is 0.571. The van der Waals surface area contributed by atoms with Crippen LogP contribution < -0.4 is 10.5 Å². The van der Waals surface area contributed by atoms with Gasteiger partial charge >= 0.3 is 0 Å².